The average molecular weight is 301 g/mol. The summed E-state index contributed by atoms with van der Waals surface area (Å²) in [6.07, 6.45) is 8.55. The van der Waals surface area contributed by atoms with Crippen molar-refractivity contribution in [1.82, 2.24) is 4.90 Å². The van der Waals surface area contributed by atoms with Gasteiger partial charge in [-0.2, -0.15) is 0 Å². The summed E-state index contributed by atoms with van der Waals surface area (Å²) in [6, 6.07) is 0. The summed E-state index contributed by atoms with van der Waals surface area (Å²) in [5.74, 6) is 0.000784. The van der Waals surface area contributed by atoms with Crippen molar-refractivity contribution in [1.29, 1.82) is 0 Å². The van der Waals surface area contributed by atoms with Crippen LogP contribution in [-0.4, -0.2) is 41.4 Å². The molecule has 3 unspecified atom stereocenters. The van der Waals surface area contributed by atoms with E-state index in [9.17, 15) is 9.59 Å². The summed E-state index contributed by atoms with van der Waals surface area (Å²) in [4.78, 5) is 27.1. The lowest BCUT2D eigenvalue weighted by atomic mass is 9.56. The van der Waals surface area contributed by atoms with E-state index in [0.717, 1.165) is 50.8 Å². The van der Waals surface area contributed by atoms with E-state index in [4.69, 9.17) is 4.74 Å². The van der Waals surface area contributed by atoms with Crippen LogP contribution in [0.15, 0.2) is 23.3 Å². The van der Waals surface area contributed by atoms with E-state index in [1.165, 1.54) is 12.5 Å². The van der Waals surface area contributed by atoms with Crippen LogP contribution in [0.2, 0.25) is 0 Å². The molecule has 3 atom stereocenters. The monoisotopic (exact) mass is 301 g/mol. The Kier molecular flexibility index (Phi) is 2.93. The van der Waals surface area contributed by atoms with Gasteiger partial charge in [-0.1, -0.05) is 11.6 Å². The minimum Gasteiger partial charge on any atom is -0.461 e. The number of carbonyl (C=O) groups excluding carboxylic acids is 2. The summed E-state index contributed by atoms with van der Waals surface area (Å²) >= 11 is 0. The maximum Gasteiger partial charge on any atom is 0.302 e. The first-order valence-electron chi connectivity index (χ1n) is 8.37. The summed E-state index contributed by atoms with van der Waals surface area (Å²) in [5.41, 5.74) is 1.55. The van der Waals surface area contributed by atoms with Gasteiger partial charge >= 0.3 is 5.97 Å². The quantitative estimate of drug-likeness (QED) is 0.698. The van der Waals surface area contributed by atoms with Crippen molar-refractivity contribution in [3.8, 4) is 0 Å². The predicted molar refractivity (Wildman–Crippen MR) is 82.2 cm³/mol. The van der Waals surface area contributed by atoms with Gasteiger partial charge < -0.3 is 4.74 Å². The molecule has 4 rings (SSSR count). The van der Waals surface area contributed by atoms with Crippen LogP contribution >= 0.6 is 0 Å². The zero-order chi connectivity index (χ0) is 15.5. The second-order valence-electron chi connectivity index (χ2n) is 7.28. The van der Waals surface area contributed by atoms with Gasteiger partial charge in [0.25, 0.3) is 0 Å². The van der Waals surface area contributed by atoms with Crippen molar-refractivity contribution in [2.24, 2.45) is 5.41 Å². The number of rotatable bonds is 1. The van der Waals surface area contributed by atoms with Crippen LogP contribution < -0.4 is 0 Å². The Labute approximate surface area is 131 Å². The van der Waals surface area contributed by atoms with E-state index >= 15 is 0 Å². The number of esters is 1. The van der Waals surface area contributed by atoms with Crippen LogP contribution in [0.1, 0.15) is 46.0 Å². The third-order valence-electron chi connectivity index (χ3n) is 6.22. The molecule has 0 aromatic rings. The van der Waals surface area contributed by atoms with Gasteiger partial charge in [0.15, 0.2) is 5.78 Å². The van der Waals surface area contributed by atoms with Crippen molar-refractivity contribution >= 4 is 11.8 Å². The molecule has 0 amide bonds. The highest BCUT2D eigenvalue weighted by Gasteiger charge is 2.70. The number of hydrogen-bond donors (Lipinski definition) is 0. The number of nitrogens with zero attached hydrogens (tertiary/aromatic N) is 1. The lowest BCUT2D eigenvalue weighted by Crippen LogP contribution is -2.66. The number of piperidine rings is 1. The molecule has 0 radical (unpaired) electrons. The summed E-state index contributed by atoms with van der Waals surface area (Å²) in [6.45, 7) is 5.52. The smallest absolute Gasteiger partial charge is 0.302 e. The fourth-order valence-electron chi connectivity index (χ4n) is 5.63. The second-order valence-corrected chi connectivity index (χ2v) is 7.28. The Balaban J connectivity index is 1.90. The number of ether oxygens (including phenoxy) is 1. The van der Waals surface area contributed by atoms with Crippen LogP contribution in [0, 0.1) is 5.41 Å². The highest BCUT2D eigenvalue weighted by molar-refractivity contribution is 6.04. The maximum atomic E-state index is 13.0. The zero-order valence-electron chi connectivity index (χ0n) is 13.4. The highest BCUT2D eigenvalue weighted by Crippen LogP contribution is 2.63. The lowest BCUT2D eigenvalue weighted by molar-refractivity contribution is -0.167. The fourth-order valence-corrected chi connectivity index (χ4v) is 5.63. The molecule has 2 aliphatic carbocycles. The lowest BCUT2D eigenvalue weighted by Gasteiger charge is -2.56. The molecule has 0 bridgehead atoms. The number of ketones is 1. The van der Waals surface area contributed by atoms with Crippen LogP contribution in [0.4, 0.5) is 0 Å². The number of hydrogen-bond acceptors (Lipinski definition) is 4. The third kappa shape index (κ3) is 1.51. The molecule has 0 saturated carbocycles. The standard InChI is InChI=1S/C18H23NO3/c1-12-9-14-11-15(21)18-6-4-8-19(18)7-3-5-17(14,18)16(10-12)22-13(2)20/h9,11,16H,3-8,10H2,1-2H3. The van der Waals surface area contributed by atoms with E-state index in [-0.39, 0.29) is 23.3 Å². The highest BCUT2D eigenvalue weighted by atomic mass is 16.5. The van der Waals surface area contributed by atoms with Crippen LogP contribution in [0.25, 0.3) is 0 Å². The van der Waals surface area contributed by atoms with Crippen molar-refractivity contribution in [2.75, 3.05) is 13.1 Å². The molecular weight excluding hydrogens is 278 g/mol. The maximum absolute atomic E-state index is 13.0. The molecule has 2 heterocycles. The molecule has 2 aliphatic heterocycles. The van der Waals surface area contributed by atoms with E-state index in [1.807, 2.05) is 6.08 Å². The van der Waals surface area contributed by atoms with E-state index in [1.54, 1.807) is 0 Å². The Morgan fingerprint density at radius 1 is 1.27 bits per heavy atom. The van der Waals surface area contributed by atoms with Gasteiger partial charge in [0.2, 0.25) is 0 Å². The first-order valence-corrected chi connectivity index (χ1v) is 8.37. The van der Waals surface area contributed by atoms with Gasteiger partial charge in [0, 0.05) is 13.3 Å². The van der Waals surface area contributed by atoms with Gasteiger partial charge in [0.1, 0.15) is 6.10 Å². The van der Waals surface area contributed by atoms with Crippen LogP contribution in [0.3, 0.4) is 0 Å². The topological polar surface area (TPSA) is 46.6 Å². The van der Waals surface area contributed by atoms with Gasteiger partial charge in [0.05, 0.1) is 11.0 Å². The Morgan fingerprint density at radius 3 is 2.73 bits per heavy atom. The van der Waals surface area contributed by atoms with Gasteiger partial charge in [-0.15, -0.1) is 0 Å². The van der Waals surface area contributed by atoms with Crippen LogP contribution in [-0.2, 0) is 14.3 Å². The molecule has 4 nitrogen and oxygen atoms in total. The summed E-state index contributed by atoms with van der Waals surface area (Å²) in [7, 11) is 0. The normalized spacial score (nSPS) is 40.5. The fraction of sp³-hybridized carbons (Fsp3) is 0.667. The Hall–Kier alpha value is -1.42. The predicted octanol–water partition coefficient (Wildman–Crippen LogP) is 2.39. The SMILES string of the molecule is CC(=O)OC1CC(C)=CC2=CC(=O)C34CCCN3CCCC214. The largest absolute Gasteiger partial charge is 0.461 e. The van der Waals surface area contributed by atoms with Gasteiger partial charge in [-0.05, 0) is 57.3 Å². The molecule has 0 aromatic carbocycles. The van der Waals surface area contributed by atoms with E-state index < -0.39 is 5.54 Å². The van der Waals surface area contributed by atoms with Gasteiger partial charge in [-0.3, -0.25) is 14.5 Å². The van der Waals surface area contributed by atoms with Gasteiger partial charge in [-0.25, -0.2) is 0 Å². The van der Waals surface area contributed by atoms with Crippen molar-refractivity contribution in [3.63, 3.8) is 0 Å². The van der Waals surface area contributed by atoms with Crippen molar-refractivity contribution < 1.29 is 14.3 Å². The molecule has 4 heteroatoms. The average Bonchev–Trinajstić information content (AvgIpc) is 2.97. The van der Waals surface area contributed by atoms with Crippen molar-refractivity contribution in [2.45, 2.75) is 57.6 Å². The molecular formula is C18H23NO3. The number of carbonyl (C=O) groups is 2. The molecule has 2 saturated heterocycles. The zero-order valence-corrected chi connectivity index (χ0v) is 13.4. The molecule has 4 aliphatic rings. The number of allylic oxidation sites excluding steroid dienone is 1. The minimum atomic E-state index is -0.447. The molecule has 0 N–H and O–H groups in total. The summed E-state index contributed by atoms with van der Waals surface area (Å²) < 4.78 is 5.79. The molecule has 2 fully saturated rings. The first-order chi connectivity index (χ1) is 10.5. The third-order valence-corrected chi connectivity index (χ3v) is 6.22. The summed E-state index contributed by atoms with van der Waals surface area (Å²) in [5, 5.41) is 0. The molecule has 22 heavy (non-hydrogen) atoms. The van der Waals surface area contributed by atoms with Crippen molar-refractivity contribution in [3.05, 3.63) is 23.3 Å². The van der Waals surface area contributed by atoms with E-state index in [0.29, 0.717) is 0 Å². The molecule has 0 aromatic heterocycles. The first kappa shape index (κ1) is 14.2. The second kappa shape index (κ2) is 4.54. The molecule has 118 valence electrons. The molecule has 2 spiro atoms. The minimum absolute atomic E-state index is 0.200. The van der Waals surface area contributed by atoms with E-state index in [2.05, 4.69) is 17.9 Å². The Bertz CT molecular complexity index is 620. The van der Waals surface area contributed by atoms with Crippen LogP contribution in [0.5, 0.6) is 0 Å². The Morgan fingerprint density at radius 2 is 2.00 bits per heavy atom.